The second-order valence-corrected chi connectivity index (χ2v) is 3.06. The molecule has 1 aromatic heterocycles. The second kappa shape index (κ2) is 4.55. The normalized spacial score (nSPS) is 12.1. The van der Waals surface area contributed by atoms with Crippen molar-refractivity contribution in [3.63, 3.8) is 0 Å². The SMILES string of the molecule is CCC(C)Nc1ccc(C(=O)O)nn1. The molecule has 1 unspecified atom stereocenters. The molecule has 0 radical (unpaired) electrons. The minimum Gasteiger partial charge on any atom is -0.476 e. The molecule has 0 bridgehead atoms. The Labute approximate surface area is 82.2 Å². The third-order valence-corrected chi connectivity index (χ3v) is 1.89. The molecule has 1 atom stereocenters. The van der Waals surface area contributed by atoms with Crippen molar-refractivity contribution in [2.24, 2.45) is 0 Å². The summed E-state index contributed by atoms with van der Waals surface area (Å²) in [5, 5.41) is 19.0. The first-order chi connectivity index (χ1) is 6.63. The molecule has 0 amide bonds. The van der Waals surface area contributed by atoms with Crippen molar-refractivity contribution < 1.29 is 9.90 Å². The third kappa shape index (κ3) is 2.69. The molecule has 1 heterocycles. The molecule has 0 saturated heterocycles. The molecule has 1 rings (SSSR count). The van der Waals surface area contributed by atoms with E-state index in [0.29, 0.717) is 11.9 Å². The van der Waals surface area contributed by atoms with Crippen molar-refractivity contribution in [2.75, 3.05) is 5.32 Å². The van der Waals surface area contributed by atoms with Gasteiger partial charge in [0.1, 0.15) is 5.82 Å². The summed E-state index contributed by atoms with van der Waals surface area (Å²) in [5.74, 6) is -0.461. The summed E-state index contributed by atoms with van der Waals surface area (Å²) in [4.78, 5) is 10.5. The summed E-state index contributed by atoms with van der Waals surface area (Å²) in [5.41, 5.74) is -0.0419. The molecule has 5 heteroatoms. The van der Waals surface area contributed by atoms with E-state index in [-0.39, 0.29) is 5.69 Å². The van der Waals surface area contributed by atoms with Crippen LogP contribution in [0.5, 0.6) is 0 Å². The van der Waals surface area contributed by atoms with Crippen LogP contribution in [0.25, 0.3) is 0 Å². The van der Waals surface area contributed by atoms with Gasteiger partial charge < -0.3 is 10.4 Å². The molecule has 0 aliphatic heterocycles. The average Bonchev–Trinajstić information content (AvgIpc) is 2.18. The van der Waals surface area contributed by atoms with Gasteiger partial charge in [0.2, 0.25) is 0 Å². The molecule has 14 heavy (non-hydrogen) atoms. The van der Waals surface area contributed by atoms with E-state index in [1.807, 2.05) is 6.92 Å². The van der Waals surface area contributed by atoms with Crippen LogP contribution in [0.1, 0.15) is 30.8 Å². The number of anilines is 1. The maximum atomic E-state index is 10.5. The Morgan fingerprint density at radius 3 is 2.71 bits per heavy atom. The Kier molecular flexibility index (Phi) is 3.39. The van der Waals surface area contributed by atoms with E-state index in [1.54, 1.807) is 6.07 Å². The van der Waals surface area contributed by atoms with Crippen molar-refractivity contribution in [2.45, 2.75) is 26.3 Å². The van der Waals surface area contributed by atoms with Gasteiger partial charge in [0, 0.05) is 6.04 Å². The Balaban J connectivity index is 2.68. The molecule has 1 aromatic rings. The number of carboxylic acid groups (broad SMARTS) is 1. The Bertz CT molecular complexity index is 310. The number of aromatic carboxylic acids is 1. The van der Waals surface area contributed by atoms with E-state index in [2.05, 4.69) is 22.4 Å². The molecule has 76 valence electrons. The highest BCUT2D eigenvalue weighted by Crippen LogP contribution is 2.05. The van der Waals surface area contributed by atoms with Crippen LogP contribution in [0, 0.1) is 0 Å². The fourth-order valence-corrected chi connectivity index (χ4v) is 0.878. The first kappa shape index (κ1) is 10.4. The van der Waals surface area contributed by atoms with Crippen molar-refractivity contribution in [3.8, 4) is 0 Å². The van der Waals surface area contributed by atoms with Gasteiger partial charge in [0.25, 0.3) is 0 Å². The molecule has 5 nitrogen and oxygen atoms in total. The van der Waals surface area contributed by atoms with Crippen LogP contribution < -0.4 is 5.32 Å². The van der Waals surface area contributed by atoms with Crippen molar-refractivity contribution in [1.29, 1.82) is 0 Å². The van der Waals surface area contributed by atoms with Crippen molar-refractivity contribution in [3.05, 3.63) is 17.8 Å². The topological polar surface area (TPSA) is 75.1 Å². The quantitative estimate of drug-likeness (QED) is 0.759. The lowest BCUT2D eigenvalue weighted by molar-refractivity contribution is 0.0689. The predicted octanol–water partition coefficient (Wildman–Crippen LogP) is 1.39. The minimum absolute atomic E-state index is 0.0419. The molecule has 0 aromatic carbocycles. The maximum absolute atomic E-state index is 10.5. The lowest BCUT2D eigenvalue weighted by Gasteiger charge is -2.10. The zero-order valence-electron chi connectivity index (χ0n) is 8.19. The lowest BCUT2D eigenvalue weighted by Crippen LogP contribution is -2.15. The summed E-state index contributed by atoms with van der Waals surface area (Å²) in [6, 6.07) is 3.35. The Hall–Kier alpha value is -1.65. The molecular weight excluding hydrogens is 182 g/mol. The van der Waals surface area contributed by atoms with Gasteiger partial charge in [-0.25, -0.2) is 4.79 Å². The number of hydrogen-bond acceptors (Lipinski definition) is 4. The van der Waals surface area contributed by atoms with E-state index in [1.165, 1.54) is 6.07 Å². The van der Waals surface area contributed by atoms with Gasteiger partial charge in [-0.05, 0) is 25.5 Å². The van der Waals surface area contributed by atoms with E-state index < -0.39 is 5.97 Å². The van der Waals surface area contributed by atoms with Gasteiger partial charge >= 0.3 is 5.97 Å². The number of aromatic nitrogens is 2. The standard InChI is InChI=1S/C9H13N3O2/c1-3-6(2)10-8-5-4-7(9(13)14)11-12-8/h4-6H,3H2,1-2H3,(H,10,12)(H,13,14). The van der Waals surface area contributed by atoms with E-state index in [9.17, 15) is 4.79 Å². The highest BCUT2D eigenvalue weighted by Gasteiger charge is 2.05. The van der Waals surface area contributed by atoms with Crippen LogP contribution in [-0.4, -0.2) is 27.3 Å². The summed E-state index contributed by atoms with van der Waals surface area (Å²) in [7, 11) is 0. The third-order valence-electron chi connectivity index (χ3n) is 1.89. The fourth-order valence-electron chi connectivity index (χ4n) is 0.878. The first-order valence-electron chi connectivity index (χ1n) is 4.47. The zero-order valence-corrected chi connectivity index (χ0v) is 8.19. The molecular formula is C9H13N3O2. The maximum Gasteiger partial charge on any atom is 0.356 e. The van der Waals surface area contributed by atoms with Crippen LogP contribution in [0.15, 0.2) is 12.1 Å². The lowest BCUT2D eigenvalue weighted by atomic mass is 10.2. The number of carbonyl (C=O) groups is 1. The van der Waals surface area contributed by atoms with Gasteiger partial charge in [0.05, 0.1) is 0 Å². The van der Waals surface area contributed by atoms with Gasteiger partial charge in [0.15, 0.2) is 5.69 Å². The molecule has 0 saturated carbocycles. The monoisotopic (exact) mass is 195 g/mol. The molecule has 0 aliphatic carbocycles. The molecule has 0 spiro atoms. The summed E-state index contributed by atoms with van der Waals surface area (Å²) in [6.07, 6.45) is 0.975. The zero-order chi connectivity index (χ0) is 10.6. The van der Waals surface area contributed by atoms with Gasteiger partial charge in [-0.3, -0.25) is 0 Å². The predicted molar refractivity (Wildman–Crippen MR) is 52.4 cm³/mol. The van der Waals surface area contributed by atoms with Crippen LogP contribution >= 0.6 is 0 Å². The van der Waals surface area contributed by atoms with Crippen LogP contribution in [0.4, 0.5) is 5.82 Å². The Morgan fingerprint density at radius 2 is 2.29 bits per heavy atom. The van der Waals surface area contributed by atoms with Crippen LogP contribution in [0.3, 0.4) is 0 Å². The van der Waals surface area contributed by atoms with Crippen LogP contribution in [0.2, 0.25) is 0 Å². The van der Waals surface area contributed by atoms with E-state index in [0.717, 1.165) is 6.42 Å². The minimum atomic E-state index is -1.06. The average molecular weight is 195 g/mol. The molecule has 0 fully saturated rings. The fraction of sp³-hybridized carbons (Fsp3) is 0.444. The number of nitrogens with zero attached hydrogens (tertiary/aromatic N) is 2. The van der Waals surface area contributed by atoms with Crippen molar-refractivity contribution >= 4 is 11.8 Å². The van der Waals surface area contributed by atoms with Gasteiger partial charge in [-0.1, -0.05) is 6.92 Å². The second-order valence-electron chi connectivity index (χ2n) is 3.06. The van der Waals surface area contributed by atoms with Gasteiger partial charge in [-0.2, -0.15) is 0 Å². The summed E-state index contributed by atoms with van der Waals surface area (Å²) in [6.45, 7) is 4.07. The molecule has 0 aliphatic rings. The smallest absolute Gasteiger partial charge is 0.356 e. The van der Waals surface area contributed by atoms with Crippen LogP contribution in [-0.2, 0) is 0 Å². The summed E-state index contributed by atoms with van der Waals surface area (Å²) >= 11 is 0. The van der Waals surface area contributed by atoms with E-state index in [4.69, 9.17) is 5.11 Å². The Morgan fingerprint density at radius 1 is 1.57 bits per heavy atom. The van der Waals surface area contributed by atoms with E-state index >= 15 is 0 Å². The highest BCUT2D eigenvalue weighted by atomic mass is 16.4. The number of rotatable bonds is 4. The van der Waals surface area contributed by atoms with Crippen molar-refractivity contribution in [1.82, 2.24) is 10.2 Å². The number of nitrogens with one attached hydrogen (secondary N) is 1. The largest absolute Gasteiger partial charge is 0.476 e. The first-order valence-corrected chi connectivity index (χ1v) is 4.47. The van der Waals surface area contributed by atoms with Gasteiger partial charge in [-0.15, -0.1) is 10.2 Å². The summed E-state index contributed by atoms with van der Waals surface area (Å²) < 4.78 is 0. The number of hydrogen-bond donors (Lipinski definition) is 2. The number of carboxylic acids is 1. The molecule has 2 N–H and O–H groups in total. The highest BCUT2D eigenvalue weighted by molar-refractivity contribution is 5.85.